The van der Waals surface area contributed by atoms with Crippen LogP contribution in [-0.4, -0.2) is 36.0 Å². The molecule has 2 aromatic rings. The normalized spacial score (nSPS) is 17.8. The monoisotopic (exact) mass is 358 g/mol. The standard InChI is InChI=1S/C19H19ClN2O3/c20-15-8-4-5-9-16(15)21-18(23)12-17-19(24)25-11-10-22(17)13-14-6-2-1-3-7-14/h1-9,17H,10-13H2,(H,21,23). The number of esters is 1. The van der Waals surface area contributed by atoms with Gasteiger partial charge in [0.05, 0.1) is 17.1 Å². The van der Waals surface area contributed by atoms with Crippen LogP contribution in [0.2, 0.25) is 5.02 Å². The van der Waals surface area contributed by atoms with Crippen molar-refractivity contribution in [2.75, 3.05) is 18.5 Å². The molecule has 0 saturated carbocycles. The molecule has 5 nitrogen and oxygen atoms in total. The van der Waals surface area contributed by atoms with Crippen LogP contribution >= 0.6 is 11.6 Å². The summed E-state index contributed by atoms with van der Waals surface area (Å²) in [6.07, 6.45) is 0.0247. The second-order valence-electron chi connectivity index (χ2n) is 5.87. The Labute approximate surface area is 151 Å². The van der Waals surface area contributed by atoms with E-state index in [1.807, 2.05) is 35.2 Å². The van der Waals surface area contributed by atoms with Crippen molar-refractivity contribution < 1.29 is 14.3 Å². The Kier molecular flexibility index (Phi) is 5.68. The fourth-order valence-electron chi connectivity index (χ4n) is 2.82. The Morgan fingerprint density at radius 1 is 1.16 bits per heavy atom. The van der Waals surface area contributed by atoms with Gasteiger partial charge >= 0.3 is 5.97 Å². The average molecular weight is 359 g/mol. The molecule has 1 fully saturated rings. The minimum absolute atomic E-state index is 0.0247. The zero-order chi connectivity index (χ0) is 17.6. The molecule has 1 amide bonds. The number of hydrogen-bond donors (Lipinski definition) is 1. The second kappa shape index (κ2) is 8.14. The van der Waals surface area contributed by atoms with Gasteiger partial charge in [-0.2, -0.15) is 0 Å². The van der Waals surface area contributed by atoms with E-state index in [1.54, 1.807) is 24.3 Å². The zero-order valence-electron chi connectivity index (χ0n) is 13.7. The van der Waals surface area contributed by atoms with Gasteiger partial charge < -0.3 is 10.1 Å². The predicted molar refractivity (Wildman–Crippen MR) is 96.3 cm³/mol. The van der Waals surface area contributed by atoms with Gasteiger partial charge in [-0.25, -0.2) is 0 Å². The third kappa shape index (κ3) is 4.59. The first-order chi connectivity index (χ1) is 12.1. The summed E-state index contributed by atoms with van der Waals surface area (Å²) >= 11 is 6.06. The first kappa shape index (κ1) is 17.5. The topological polar surface area (TPSA) is 58.6 Å². The first-order valence-electron chi connectivity index (χ1n) is 8.12. The third-order valence-electron chi connectivity index (χ3n) is 4.09. The molecule has 1 aliphatic rings. The summed E-state index contributed by atoms with van der Waals surface area (Å²) in [7, 11) is 0. The molecule has 25 heavy (non-hydrogen) atoms. The van der Waals surface area contributed by atoms with E-state index in [1.165, 1.54) is 0 Å². The molecule has 1 unspecified atom stereocenters. The number of morpholine rings is 1. The van der Waals surface area contributed by atoms with Gasteiger partial charge in [-0.05, 0) is 17.7 Å². The van der Waals surface area contributed by atoms with E-state index in [9.17, 15) is 9.59 Å². The molecule has 3 rings (SSSR count). The van der Waals surface area contributed by atoms with Crippen LogP contribution in [0.5, 0.6) is 0 Å². The van der Waals surface area contributed by atoms with Gasteiger partial charge in [0.15, 0.2) is 0 Å². The molecule has 0 aromatic heterocycles. The van der Waals surface area contributed by atoms with Crippen LogP contribution in [0.25, 0.3) is 0 Å². The maximum Gasteiger partial charge on any atom is 0.323 e. The summed E-state index contributed by atoms with van der Waals surface area (Å²) in [5, 5.41) is 3.22. The highest BCUT2D eigenvalue weighted by atomic mass is 35.5. The number of carbonyl (C=O) groups is 2. The number of nitrogens with one attached hydrogen (secondary N) is 1. The smallest absolute Gasteiger partial charge is 0.323 e. The summed E-state index contributed by atoms with van der Waals surface area (Å²) in [4.78, 5) is 26.5. The van der Waals surface area contributed by atoms with Crippen LogP contribution in [0.1, 0.15) is 12.0 Å². The van der Waals surface area contributed by atoms with E-state index in [-0.39, 0.29) is 18.3 Å². The van der Waals surface area contributed by atoms with Gasteiger partial charge in [-0.15, -0.1) is 0 Å². The van der Waals surface area contributed by atoms with Gasteiger partial charge in [0, 0.05) is 13.1 Å². The van der Waals surface area contributed by atoms with Crippen molar-refractivity contribution in [1.29, 1.82) is 0 Å². The summed E-state index contributed by atoms with van der Waals surface area (Å²) in [6.45, 7) is 1.54. The number of benzene rings is 2. The lowest BCUT2D eigenvalue weighted by Gasteiger charge is -2.33. The van der Waals surface area contributed by atoms with Crippen LogP contribution in [-0.2, 0) is 20.9 Å². The molecule has 0 aliphatic carbocycles. The van der Waals surface area contributed by atoms with Crippen molar-refractivity contribution in [3.05, 3.63) is 65.2 Å². The summed E-state index contributed by atoms with van der Waals surface area (Å²) in [6, 6.07) is 16.3. The number of ether oxygens (including phenoxy) is 1. The van der Waals surface area contributed by atoms with E-state index in [0.29, 0.717) is 30.4 Å². The largest absolute Gasteiger partial charge is 0.463 e. The minimum atomic E-state index is -0.601. The van der Waals surface area contributed by atoms with Gasteiger partial charge in [-0.3, -0.25) is 14.5 Å². The SMILES string of the molecule is O=C(CC1C(=O)OCCN1Cc1ccccc1)Nc1ccccc1Cl. The lowest BCUT2D eigenvalue weighted by molar-refractivity contribution is -0.159. The van der Waals surface area contributed by atoms with Crippen molar-refractivity contribution in [3.63, 3.8) is 0 Å². The van der Waals surface area contributed by atoms with Crippen LogP contribution in [0.3, 0.4) is 0 Å². The number of hydrogen-bond acceptors (Lipinski definition) is 4. The van der Waals surface area contributed by atoms with Crippen molar-refractivity contribution in [2.45, 2.75) is 19.0 Å². The molecule has 130 valence electrons. The Morgan fingerprint density at radius 3 is 2.64 bits per heavy atom. The molecule has 0 spiro atoms. The summed E-state index contributed by atoms with van der Waals surface area (Å²) in [5.41, 5.74) is 1.63. The summed E-state index contributed by atoms with van der Waals surface area (Å²) < 4.78 is 5.15. The Morgan fingerprint density at radius 2 is 1.88 bits per heavy atom. The number of anilines is 1. The van der Waals surface area contributed by atoms with Crippen molar-refractivity contribution in [2.24, 2.45) is 0 Å². The highest BCUT2D eigenvalue weighted by Crippen LogP contribution is 2.22. The van der Waals surface area contributed by atoms with Gasteiger partial charge in [0.1, 0.15) is 12.6 Å². The molecule has 1 aliphatic heterocycles. The van der Waals surface area contributed by atoms with Gasteiger partial charge in [-0.1, -0.05) is 54.1 Å². The number of nitrogens with zero attached hydrogens (tertiary/aromatic N) is 1. The van der Waals surface area contributed by atoms with Crippen LogP contribution in [0, 0.1) is 0 Å². The van der Waals surface area contributed by atoms with E-state index in [2.05, 4.69) is 5.32 Å². The molecule has 6 heteroatoms. The number of carbonyl (C=O) groups excluding carboxylic acids is 2. The lowest BCUT2D eigenvalue weighted by atomic mass is 10.1. The first-order valence-corrected chi connectivity index (χ1v) is 8.50. The average Bonchev–Trinajstić information content (AvgIpc) is 2.61. The molecule has 1 atom stereocenters. The van der Waals surface area contributed by atoms with Gasteiger partial charge in [0.25, 0.3) is 0 Å². The Balaban J connectivity index is 1.67. The molecule has 0 radical (unpaired) electrons. The fourth-order valence-corrected chi connectivity index (χ4v) is 3.01. The molecular weight excluding hydrogens is 340 g/mol. The maximum absolute atomic E-state index is 12.4. The molecule has 1 N–H and O–H groups in total. The van der Waals surface area contributed by atoms with Crippen LogP contribution in [0.4, 0.5) is 5.69 Å². The van der Waals surface area contributed by atoms with E-state index >= 15 is 0 Å². The summed E-state index contributed by atoms with van der Waals surface area (Å²) in [5.74, 6) is -0.633. The Bertz CT molecular complexity index is 751. The zero-order valence-corrected chi connectivity index (χ0v) is 14.4. The number of cyclic esters (lactones) is 1. The molecular formula is C19H19ClN2O3. The number of halogens is 1. The van der Waals surface area contributed by atoms with Gasteiger partial charge in [0.2, 0.25) is 5.91 Å². The predicted octanol–water partition coefficient (Wildman–Crippen LogP) is 3.10. The van der Waals surface area contributed by atoms with Crippen molar-refractivity contribution >= 4 is 29.2 Å². The van der Waals surface area contributed by atoms with Crippen LogP contribution < -0.4 is 5.32 Å². The second-order valence-corrected chi connectivity index (χ2v) is 6.28. The number of rotatable bonds is 5. The van der Waals surface area contributed by atoms with Crippen LogP contribution in [0.15, 0.2) is 54.6 Å². The Hall–Kier alpha value is -2.37. The lowest BCUT2D eigenvalue weighted by Crippen LogP contribution is -2.49. The van der Waals surface area contributed by atoms with Crippen molar-refractivity contribution in [3.8, 4) is 0 Å². The highest BCUT2D eigenvalue weighted by Gasteiger charge is 2.33. The fraction of sp³-hybridized carbons (Fsp3) is 0.263. The third-order valence-corrected chi connectivity index (χ3v) is 4.42. The van der Waals surface area contributed by atoms with E-state index < -0.39 is 6.04 Å². The molecule has 0 bridgehead atoms. The number of amides is 1. The molecule has 1 heterocycles. The molecule has 1 saturated heterocycles. The van der Waals surface area contributed by atoms with Crippen molar-refractivity contribution in [1.82, 2.24) is 4.90 Å². The van der Waals surface area contributed by atoms with E-state index in [4.69, 9.17) is 16.3 Å². The maximum atomic E-state index is 12.4. The quantitative estimate of drug-likeness (QED) is 0.834. The molecule has 2 aromatic carbocycles. The number of para-hydroxylation sites is 1. The highest BCUT2D eigenvalue weighted by molar-refractivity contribution is 6.33. The van der Waals surface area contributed by atoms with E-state index in [0.717, 1.165) is 5.56 Å². The minimum Gasteiger partial charge on any atom is -0.463 e.